The van der Waals surface area contributed by atoms with Crippen LogP contribution in [-0.4, -0.2) is 53.2 Å². The Morgan fingerprint density at radius 2 is 2.17 bits per heavy atom. The van der Waals surface area contributed by atoms with Gasteiger partial charge in [0.05, 0.1) is 12.6 Å². The second-order valence-corrected chi connectivity index (χ2v) is 5.52. The van der Waals surface area contributed by atoms with Gasteiger partial charge in [-0.3, -0.25) is 9.69 Å². The van der Waals surface area contributed by atoms with E-state index >= 15 is 0 Å². The van der Waals surface area contributed by atoms with Crippen LogP contribution in [0.2, 0.25) is 0 Å². The maximum absolute atomic E-state index is 12.3. The number of aliphatic hydroxyl groups excluding tert-OH is 1. The van der Waals surface area contributed by atoms with Gasteiger partial charge in [-0.2, -0.15) is 0 Å². The number of carbonyl (C=O) groups excluding carboxylic acids is 2. The number of β-amino-alcohol motifs (C(OH)–C–C–N with tert-alkyl or cyclic N) is 1. The Kier molecular flexibility index (Phi) is 3.59. The molecule has 3 amide bonds. The van der Waals surface area contributed by atoms with Gasteiger partial charge in [0.2, 0.25) is 0 Å². The number of nitrogens with one attached hydrogen (secondary N) is 2. The fraction of sp³-hybridized carbons (Fsp3) is 0.833. The summed E-state index contributed by atoms with van der Waals surface area (Å²) in [4.78, 5) is 25.4. The summed E-state index contributed by atoms with van der Waals surface area (Å²) in [7, 11) is 0. The molecule has 1 spiro atoms. The summed E-state index contributed by atoms with van der Waals surface area (Å²) in [6, 6.07) is -0.386. The van der Waals surface area contributed by atoms with E-state index in [1.807, 2.05) is 13.8 Å². The van der Waals surface area contributed by atoms with Crippen molar-refractivity contribution in [2.75, 3.05) is 19.6 Å². The Bertz CT molecular complexity index is 350. The molecule has 0 aromatic heterocycles. The fourth-order valence-corrected chi connectivity index (χ4v) is 2.43. The van der Waals surface area contributed by atoms with Gasteiger partial charge in [-0.1, -0.05) is 13.8 Å². The molecule has 2 aliphatic heterocycles. The van der Waals surface area contributed by atoms with Crippen LogP contribution in [-0.2, 0) is 4.79 Å². The number of hydrogen-bond acceptors (Lipinski definition) is 4. The summed E-state index contributed by atoms with van der Waals surface area (Å²) in [5.74, 6) is -0.189. The standard InChI is InChI=1S/C12H21N3O3/c1-8(2)9(16)6-15-10(17)12(14-11(15)18)4-3-5-13-7-12/h8-9,13,16H,3-7H2,1-2H3,(H,14,18). The Balaban J connectivity index is 2.09. The monoisotopic (exact) mass is 255 g/mol. The third kappa shape index (κ3) is 2.22. The van der Waals surface area contributed by atoms with Gasteiger partial charge in [-0.25, -0.2) is 4.79 Å². The van der Waals surface area contributed by atoms with E-state index in [-0.39, 0.29) is 24.4 Å². The molecule has 6 nitrogen and oxygen atoms in total. The Hall–Kier alpha value is -1.14. The molecular formula is C12H21N3O3. The molecule has 0 aliphatic carbocycles. The molecule has 102 valence electrons. The summed E-state index contributed by atoms with van der Waals surface area (Å²) in [5.41, 5.74) is -0.786. The quantitative estimate of drug-likeness (QED) is 0.604. The van der Waals surface area contributed by atoms with E-state index < -0.39 is 11.6 Å². The zero-order valence-corrected chi connectivity index (χ0v) is 10.9. The third-order valence-corrected chi connectivity index (χ3v) is 3.77. The predicted octanol–water partition coefficient (Wildman–Crippen LogP) is -0.323. The molecule has 2 atom stereocenters. The van der Waals surface area contributed by atoms with Crippen molar-refractivity contribution < 1.29 is 14.7 Å². The van der Waals surface area contributed by atoms with E-state index in [2.05, 4.69) is 10.6 Å². The number of rotatable bonds is 3. The van der Waals surface area contributed by atoms with Crippen LogP contribution < -0.4 is 10.6 Å². The summed E-state index contributed by atoms with van der Waals surface area (Å²) in [5, 5.41) is 15.7. The molecule has 18 heavy (non-hydrogen) atoms. The Morgan fingerprint density at radius 3 is 2.72 bits per heavy atom. The number of urea groups is 1. The van der Waals surface area contributed by atoms with Crippen molar-refractivity contribution in [3.63, 3.8) is 0 Å². The normalized spacial score (nSPS) is 30.1. The van der Waals surface area contributed by atoms with E-state index in [1.165, 1.54) is 0 Å². The highest BCUT2D eigenvalue weighted by atomic mass is 16.3. The molecule has 2 unspecified atom stereocenters. The molecule has 2 rings (SSSR count). The van der Waals surface area contributed by atoms with Crippen molar-refractivity contribution >= 4 is 11.9 Å². The summed E-state index contributed by atoms with van der Waals surface area (Å²) >= 11 is 0. The second kappa shape index (κ2) is 4.85. The molecular weight excluding hydrogens is 234 g/mol. The first kappa shape index (κ1) is 13.3. The lowest BCUT2D eigenvalue weighted by molar-refractivity contribution is -0.133. The lowest BCUT2D eigenvalue weighted by atomic mass is 9.90. The first-order valence-electron chi connectivity index (χ1n) is 6.49. The third-order valence-electron chi connectivity index (χ3n) is 3.77. The first-order valence-corrected chi connectivity index (χ1v) is 6.49. The number of amides is 3. The maximum Gasteiger partial charge on any atom is 0.325 e. The van der Waals surface area contributed by atoms with Gasteiger partial charge in [0.15, 0.2) is 0 Å². The Labute approximate surface area is 107 Å². The van der Waals surface area contributed by atoms with Crippen molar-refractivity contribution in [2.24, 2.45) is 5.92 Å². The lowest BCUT2D eigenvalue weighted by Gasteiger charge is -2.31. The van der Waals surface area contributed by atoms with E-state index in [4.69, 9.17) is 0 Å². The molecule has 2 aliphatic rings. The van der Waals surface area contributed by atoms with Crippen LogP contribution in [0.1, 0.15) is 26.7 Å². The summed E-state index contributed by atoms with van der Waals surface area (Å²) < 4.78 is 0. The second-order valence-electron chi connectivity index (χ2n) is 5.52. The molecule has 6 heteroatoms. The van der Waals surface area contributed by atoms with Gasteiger partial charge in [0.1, 0.15) is 5.54 Å². The average molecular weight is 255 g/mol. The highest BCUT2D eigenvalue weighted by molar-refractivity contribution is 6.07. The highest BCUT2D eigenvalue weighted by Gasteiger charge is 2.51. The van der Waals surface area contributed by atoms with Crippen LogP contribution in [0.5, 0.6) is 0 Å². The molecule has 3 N–H and O–H groups in total. The smallest absolute Gasteiger partial charge is 0.325 e. The molecule has 0 radical (unpaired) electrons. The number of imide groups is 1. The van der Waals surface area contributed by atoms with Gasteiger partial charge in [0.25, 0.3) is 5.91 Å². The van der Waals surface area contributed by atoms with Gasteiger partial charge >= 0.3 is 6.03 Å². The van der Waals surface area contributed by atoms with Crippen LogP contribution in [0.3, 0.4) is 0 Å². The molecule has 0 saturated carbocycles. The SMILES string of the molecule is CC(C)C(O)CN1C(=O)NC2(CCCNC2)C1=O. The van der Waals surface area contributed by atoms with Crippen molar-refractivity contribution in [1.29, 1.82) is 0 Å². The van der Waals surface area contributed by atoms with Crippen LogP contribution in [0.15, 0.2) is 0 Å². The van der Waals surface area contributed by atoms with Gasteiger partial charge < -0.3 is 15.7 Å². The van der Waals surface area contributed by atoms with Gasteiger partial charge in [-0.15, -0.1) is 0 Å². The van der Waals surface area contributed by atoms with E-state index in [1.54, 1.807) is 0 Å². The van der Waals surface area contributed by atoms with Crippen LogP contribution in [0.4, 0.5) is 4.79 Å². The topological polar surface area (TPSA) is 81.7 Å². The van der Waals surface area contributed by atoms with E-state index in [9.17, 15) is 14.7 Å². The summed E-state index contributed by atoms with van der Waals surface area (Å²) in [6.45, 7) is 5.15. The van der Waals surface area contributed by atoms with Crippen LogP contribution in [0, 0.1) is 5.92 Å². The van der Waals surface area contributed by atoms with Crippen molar-refractivity contribution in [2.45, 2.75) is 38.3 Å². The number of piperidine rings is 1. The minimum absolute atomic E-state index is 0.0200. The largest absolute Gasteiger partial charge is 0.391 e. The number of nitrogens with zero attached hydrogens (tertiary/aromatic N) is 1. The maximum atomic E-state index is 12.3. The summed E-state index contributed by atoms with van der Waals surface area (Å²) in [6.07, 6.45) is 0.859. The van der Waals surface area contributed by atoms with Crippen LogP contribution >= 0.6 is 0 Å². The first-order chi connectivity index (χ1) is 8.46. The molecule has 0 bridgehead atoms. The predicted molar refractivity (Wildman–Crippen MR) is 65.9 cm³/mol. The lowest BCUT2D eigenvalue weighted by Crippen LogP contribution is -2.57. The van der Waals surface area contributed by atoms with Crippen molar-refractivity contribution in [3.05, 3.63) is 0 Å². The molecule has 2 fully saturated rings. The van der Waals surface area contributed by atoms with Crippen LogP contribution in [0.25, 0.3) is 0 Å². The number of carbonyl (C=O) groups is 2. The Morgan fingerprint density at radius 1 is 1.44 bits per heavy atom. The van der Waals surface area contributed by atoms with Crippen molar-refractivity contribution in [1.82, 2.24) is 15.5 Å². The van der Waals surface area contributed by atoms with Gasteiger partial charge in [-0.05, 0) is 25.3 Å². The molecule has 0 aromatic carbocycles. The minimum atomic E-state index is -0.786. The molecule has 0 aromatic rings. The number of hydrogen-bond donors (Lipinski definition) is 3. The van der Waals surface area contributed by atoms with Crippen molar-refractivity contribution in [3.8, 4) is 0 Å². The highest BCUT2D eigenvalue weighted by Crippen LogP contribution is 2.25. The molecule has 2 heterocycles. The molecule has 2 saturated heterocycles. The zero-order valence-electron chi connectivity index (χ0n) is 10.9. The minimum Gasteiger partial charge on any atom is -0.391 e. The number of aliphatic hydroxyl groups is 1. The van der Waals surface area contributed by atoms with E-state index in [0.717, 1.165) is 17.9 Å². The fourth-order valence-electron chi connectivity index (χ4n) is 2.43. The average Bonchev–Trinajstić information content (AvgIpc) is 2.55. The van der Waals surface area contributed by atoms with Gasteiger partial charge in [0, 0.05) is 6.54 Å². The zero-order chi connectivity index (χ0) is 13.3. The van der Waals surface area contributed by atoms with E-state index in [0.29, 0.717) is 13.0 Å².